The summed E-state index contributed by atoms with van der Waals surface area (Å²) in [6.45, 7) is 0. The van der Waals surface area contributed by atoms with Gasteiger partial charge in [0.25, 0.3) is 0 Å². The normalized spacial score (nSPS) is 18.6. The Kier molecular flexibility index (Phi) is 3.81. The Labute approximate surface area is 129 Å². The van der Waals surface area contributed by atoms with Crippen molar-refractivity contribution in [2.75, 3.05) is 10.7 Å². The smallest absolute Gasteiger partial charge is 0.238 e. The van der Waals surface area contributed by atoms with Crippen molar-refractivity contribution in [2.24, 2.45) is 0 Å². The molecule has 1 aliphatic heterocycles. The lowest BCUT2D eigenvalue weighted by Gasteiger charge is -2.24. The molecule has 1 heterocycles. The summed E-state index contributed by atoms with van der Waals surface area (Å²) in [5.74, 6) is -0.0619. The van der Waals surface area contributed by atoms with E-state index in [4.69, 9.17) is 0 Å². The van der Waals surface area contributed by atoms with Crippen molar-refractivity contribution in [3.8, 4) is 0 Å². The number of carbonyl (C=O) groups is 1. The van der Waals surface area contributed by atoms with Gasteiger partial charge in [0.1, 0.15) is 11.2 Å². The number of hydrogen-bond donors (Lipinski definition) is 0. The topological polar surface area (TPSA) is 20.3 Å². The van der Waals surface area contributed by atoms with Gasteiger partial charge in [0.05, 0.1) is 11.4 Å². The van der Waals surface area contributed by atoms with Gasteiger partial charge in [-0.2, -0.15) is 0 Å². The fourth-order valence-electron chi connectivity index (χ4n) is 2.21. The zero-order valence-electron chi connectivity index (χ0n) is 10.4. The molecule has 2 aromatic carbocycles. The van der Waals surface area contributed by atoms with Gasteiger partial charge in [0.15, 0.2) is 0 Å². The maximum absolute atomic E-state index is 14.0. The first-order chi connectivity index (χ1) is 9.66. The lowest BCUT2D eigenvalue weighted by atomic mass is 10.2. The molecule has 1 saturated heterocycles. The molecular formula is C15H11BrFNOS. The number of nitrogens with zero attached hydrogens (tertiary/aromatic N) is 1. The average Bonchev–Trinajstić information content (AvgIpc) is 2.82. The monoisotopic (exact) mass is 351 g/mol. The molecule has 20 heavy (non-hydrogen) atoms. The molecule has 0 radical (unpaired) electrons. The van der Waals surface area contributed by atoms with Crippen molar-refractivity contribution in [1.29, 1.82) is 0 Å². The van der Waals surface area contributed by atoms with E-state index >= 15 is 0 Å². The molecule has 0 unspecified atom stereocenters. The van der Waals surface area contributed by atoms with E-state index in [0.717, 1.165) is 10.0 Å². The summed E-state index contributed by atoms with van der Waals surface area (Å²) in [6.07, 6.45) is 0. The SMILES string of the molecule is O=C1CS[C@@H](c2ccc(Br)cc2)N1c1ccccc1F. The van der Waals surface area contributed by atoms with E-state index in [0.29, 0.717) is 11.4 Å². The molecule has 1 fully saturated rings. The first kappa shape index (κ1) is 13.6. The van der Waals surface area contributed by atoms with Gasteiger partial charge in [0, 0.05) is 4.47 Å². The Hall–Kier alpha value is -1.33. The summed E-state index contributed by atoms with van der Waals surface area (Å²) in [5, 5.41) is -0.174. The van der Waals surface area contributed by atoms with Crippen molar-refractivity contribution in [3.63, 3.8) is 0 Å². The van der Waals surface area contributed by atoms with Gasteiger partial charge >= 0.3 is 0 Å². The number of halogens is 2. The number of para-hydroxylation sites is 1. The molecule has 2 aromatic rings. The minimum atomic E-state index is -0.370. The summed E-state index contributed by atoms with van der Waals surface area (Å²) in [5.41, 5.74) is 1.34. The molecule has 5 heteroatoms. The van der Waals surface area contributed by atoms with Crippen LogP contribution in [0.1, 0.15) is 10.9 Å². The minimum absolute atomic E-state index is 0.0620. The summed E-state index contributed by atoms with van der Waals surface area (Å²) < 4.78 is 14.9. The van der Waals surface area contributed by atoms with Crippen molar-refractivity contribution in [3.05, 3.63) is 64.4 Å². The van der Waals surface area contributed by atoms with Gasteiger partial charge in [-0.05, 0) is 29.8 Å². The highest BCUT2D eigenvalue weighted by Gasteiger charge is 2.35. The third-order valence-corrected chi connectivity index (χ3v) is 4.88. The second kappa shape index (κ2) is 5.58. The lowest BCUT2D eigenvalue weighted by molar-refractivity contribution is -0.115. The predicted octanol–water partition coefficient (Wildman–Crippen LogP) is 4.37. The molecule has 2 nitrogen and oxygen atoms in total. The first-order valence-corrected chi connectivity index (χ1v) is 7.94. The van der Waals surface area contributed by atoms with Crippen molar-refractivity contribution < 1.29 is 9.18 Å². The van der Waals surface area contributed by atoms with Crippen molar-refractivity contribution >= 4 is 39.3 Å². The quantitative estimate of drug-likeness (QED) is 0.800. The third kappa shape index (κ3) is 2.47. The first-order valence-electron chi connectivity index (χ1n) is 6.10. The van der Waals surface area contributed by atoms with E-state index in [1.54, 1.807) is 23.1 Å². The van der Waals surface area contributed by atoms with Gasteiger partial charge < -0.3 is 0 Å². The van der Waals surface area contributed by atoms with E-state index in [1.165, 1.54) is 17.8 Å². The number of carbonyl (C=O) groups excluding carboxylic acids is 1. The van der Waals surface area contributed by atoms with Crippen LogP contribution >= 0.6 is 27.7 Å². The molecule has 102 valence electrons. The summed E-state index contributed by atoms with van der Waals surface area (Å²) in [7, 11) is 0. The van der Waals surface area contributed by atoms with E-state index < -0.39 is 0 Å². The average molecular weight is 352 g/mol. The summed E-state index contributed by atoms with van der Waals surface area (Å²) in [6, 6.07) is 14.2. The highest BCUT2D eigenvalue weighted by atomic mass is 79.9. The standard InChI is InChI=1S/C15H11BrFNOS/c16-11-7-5-10(6-8-11)15-18(14(19)9-20-15)13-4-2-1-3-12(13)17/h1-8,15H,9H2/t15-/m0/s1. The van der Waals surface area contributed by atoms with Gasteiger partial charge in [-0.25, -0.2) is 4.39 Å². The molecule has 0 aliphatic carbocycles. The Morgan fingerprint density at radius 1 is 1.15 bits per heavy atom. The van der Waals surface area contributed by atoms with Crippen LogP contribution in [0, 0.1) is 5.82 Å². The molecule has 1 amide bonds. The minimum Gasteiger partial charge on any atom is -0.292 e. The fraction of sp³-hybridized carbons (Fsp3) is 0.133. The molecule has 1 aliphatic rings. The highest BCUT2D eigenvalue weighted by Crippen LogP contribution is 2.42. The van der Waals surface area contributed by atoms with Gasteiger partial charge in [-0.3, -0.25) is 9.69 Å². The Morgan fingerprint density at radius 2 is 1.85 bits per heavy atom. The zero-order valence-corrected chi connectivity index (χ0v) is 12.8. The number of thioether (sulfide) groups is 1. The highest BCUT2D eigenvalue weighted by molar-refractivity contribution is 9.10. The van der Waals surface area contributed by atoms with Gasteiger partial charge in [-0.1, -0.05) is 40.2 Å². The molecule has 0 saturated carbocycles. The fourth-order valence-corrected chi connectivity index (χ4v) is 3.64. The van der Waals surface area contributed by atoms with Crippen LogP contribution in [0.4, 0.5) is 10.1 Å². The van der Waals surface area contributed by atoms with Gasteiger partial charge in [-0.15, -0.1) is 11.8 Å². The maximum Gasteiger partial charge on any atom is 0.238 e. The predicted molar refractivity (Wildman–Crippen MR) is 83.2 cm³/mol. The molecule has 1 atom stereocenters. The number of amides is 1. The van der Waals surface area contributed by atoms with Crippen LogP contribution in [-0.2, 0) is 4.79 Å². The number of anilines is 1. The summed E-state index contributed by atoms with van der Waals surface area (Å²) >= 11 is 4.91. The largest absolute Gasteiger partial charge is 0.292 e. The summed E-state index contributed by atoms with van der Waals surface area (Å²) in [4.78, 5) is 13.7. The Balaban J connectivity index is 2.01. The van der Waals surface area contributed by atoms with E-state index in [1.807, 2.05) is 24.3 Å². The number of hydrogen-bond acceptors (Lipinski definition) is 2. The molecule has 0 spiro atoms. The van der Waals surface area contributed by atoms with Crippen LogP contribution in [0.25, 0.3) is 0 Å². The van der Waals surface area contributed by atoms with Crippen LogP contribution in [0.15, 0.2) is 53.0 Å². The van der Waals surface area contributed by atoms with Crippen molar-refractivity contribution in [2.45, 2.75) is 5.37 Å². The molecule has 0 aromatic heterocycles. The number of benzene rings is 2. The second-order valence-corrected chi connectivity index (χ2v) is 6.41. The molecule has 0 N–H and O–H groups in total. The lowest BCUT2D eigenvalue weighted by Crippen LogP contribution is -2.28. The molecular weight excluding hydrogens is 341 g/mol. The van der Waals surface area contributed by atoms with Crippen LogP contribution in [0.5, 0.6) is 0 Å². The van der Waals surface area contributed by atoms with Crippen molar-refractivity contribution in [1.82, 2.24) is 0 Å². The van der Waals surface area contributed by atoms with Crippen LogP contribution in [-0.4, -0.2) is 11.7 Å². The molecule has 0 bridgehead atoms. The Bertz CT molecular complexity index is 647. The number of rotatable bonds is 2. The van der Waals surface area contributed by atoms with Crippen LogP contribution in [0.3, 0.4) is 0 Å². The molecule has 3 rings (SSSR count). The third-order valence-electron chi connectivity index (χ3n) is 3.14. The zero-order chi connectivity index (χ0) is 14.1. The Morgan fingerprint density at radius 3 is 2.55 bits per heavy atom. The second-order valence-electron chi connectivity index (χ2n) is 4.43. The van der Waals surface area contributed by atoms with E-state index in [-0.39, 0.29) is 17.1 Å². The van der Waals surface area contributed by atoms with Crippen LogP contribution in [0.2, 0.25) is 0 Å². The van der Waals surface area contributed by atoms with Gasteiger partial charge in [0.2, 0.25) is 5.91 Å². The maximum atomic E-state index is 14.0. The van der Waals surface area contributed by atoms with E-state index in [2.05, 4.69) is 15.9 Å². The van der Waals surface area contributed by atoms with Crippen LogP contribution < -0.4 is 4.90 Å². The van der Waals surface area contributed by atoms with E-state index in [9.17, 15) is 9.18 Å².